The Kier molecular flexibility index (Phi) is 6.92. The van der Waals surface area contributed by atoms with Gasteiger partial charge in [-0.25, -0.2) is 14.6 Å². The number of hydrogen-bond acceptors (Lipinski definition) is 6. The van der Waals surface area contributed by atoms with E-state index in [1.165, 1.54) is 12.3 Å². The van der Waals surface area contributed by atoms with Crippen molar-refractivity contribution in [3.8, 4) is 0 Å². The lowest BCUT2D eigenvalue weighted by Crippen LogP contribution is -2.27. The number of primary amides is 1. The molecular weight excluding hydrogens is 328 g/mol. The molecule has 0 atom stereocenters. The van der Waals surface area contributed by atoms with Gasteiger partial charge in [0.05, 0.1) is 5.69 Å². The van der Waals surface area contributed by atoms with E-state index in [9.17, 15) is 14.4 Å². The molecule has 0 radical (unpaired) electrons. The van der Waals surface area contributed by atoms with Crippen molar-refractivity contribution < 1.29 is 24.2 Å². The van der Waals surface area contributed by atoms with Crippen LogP contribution in [0.2, 0.25) is 0 Å². The smallest absolute Gasteiger partial charge is 0.405 e. The number of fused-ring (bicyclic) bond motifs is 1. The molecule has 0 aliphatic carbocycles. The van der Waals surface area contributed by atoms with E-state index in [2.05, 4.69) is 20.4 Å². The van der Waals surface area contributed by atoms with Crippen molar-refractivity contribution in [3.63, 3.8) is 0 Å². The number of carbonyl (C=O) groups excluding carboxylic acids is 2. The van der Waals surface area contributed by atoms with Crippen LogP contribution >= 0.6 is 0 Å². The molecule has 1 aromatic heterocycles. The fourth-order valence-corrected chi connectivity index (χ4v) is 1.78. The molecule has 0 bridgehead atoms. The summed E-state index contributed by atoms with van der Waals surface area (Å²) in [6, 6.07) is 1.74. The molecule has 5 N–H and O–H groups in total. The highest BCUT2D eigenvalue weighted by molar-refractivity contribution is 5.95. The molecule has 0 unspecified atom stereocenters. The Bertz CT molecular complexity index is 680. The van der Waals surface area contributed by atoms with Gasteiger partial charge in [0.1, 0.15) is 5.60 Å². The Morgan fingerprint density at radius 2 is 2.08 bits per heavy atom. The second kappa shape index (κ2) is 8.67. The zero-order chi connectivity index (χ0) is 19.0. The topological polar surface area (TPSA) is 144 Å². The number of nitrogens with one attached hydrogen (secondary N) is 2. The molecule has 1 aromatic rings. The summed E-state index contributed by atoms with van der Waals surface area (Å²) in [5.74, 6) is -0.626. The van der Waals surface area contributed by atoms with Crippen molar-refractivity contribution in [1.29, 1.82) is 0 Å². The fraction of sp³-hybridized carbons (Fsp3) is 0.375. The predicted molar refractivity (Wildman–Crippen MR) is 93.1 cm³/mol. The Morgan fingerprint density at radius 3 is 2.60 bits per heavy atom. The van der Waals surface area contributed by atoms with Gasteiger partial charge in [0.15, 0.2) is 5.82 Å². The van der Waals surface area contributed by atoms with E-state index < -0.39 is 17.7 Å². The second-order valence-corrected chi connectivity index (χ2v) is 6.09. The fourth-order valence-electron chi connectivity index (χ4n) is 1.78. The molecule has 0 fully saturated rings. The van der Waals surface area contributed by atoms with Gasteiger partial charge in [-0.15, -0.1) is 0 Å². The van der Waals surface area contributed by atoms with E-state index in [4.69, 9.17) is 10.8 Å². The third-order valence-corrected chi connectivity index (χ3v) is 2.66. The zero-order valence-corrected chi connectivity index (χ0v) is 14.3. The number of aromatic nitrogens is 1. The summed E-state index contributed by atoms with van der Waals surface area (Å²) >= 11 is 0. The molecule has 9 nitrogen and oxygen atoms in total. The van der Waals surface area contributed by atoms with Crippen LogP contribution < -0.4 is 16.4 Å². The highest BCUT2D eigenvalue weighted by atomic mass is 16.6. The normalized spacial score (nSPS) is 13.5. The molecule has 0 spiro atoms. The van der Waals surface area contributed by atoms with Crippen LogP contribution in [-0.2, 0) is 14.3 Å². The van der Waals surface area contributed by atoms with Gasteiger partial charge >= 0.3 is 12.1 Å². The molecule has 1 aliphatic rings. The number of rotatable bonds is 2. The lowest BCUT2D eigenvalue weighted by Gasteiger charge is -2.16. The van der Waals surface area contributed by atoms with E-state index in [0.717, 1.165) is 6.08 Å². The Morgan fingerprint density at radius 1 is 1.40 bits per heavy atom. The summed E-state index contributed by atoms with van der Waals surface area (Å²) in [6.45, 7) is 5.82. The first-order chi connectivity index (χ1) is 11.6. The number of nitrogens with two attached hydrogens (primary N) is 1. The molecule has 136 valence electrons. The molecule has 0 aromatic carbocycles. The Hall–Kier alpha value is -3.10. The van der Waals surface area contributed by atoms with Gasteiger partial charge in [0, 0.05) is 25.2 Å². The summed E-state index contributed by atoms with van der Waals surface area (Å²) in [7, 11) is 0. The second-order valence-electron chi connectivity index (χ2n) is 6.09. The van der Waals surface area contributed by atoms with E-state index in [-0.39, 0.29) is 5.91 Å². The molecule has 0 saturated carbocycles. The maximum atomic E-state index is 11.3. The maximum absolute atomic E-state index is 11.3. The minimum atomic E-state index is -1.01. The van der Waals surface area contributed by atoms with Gasteiger partial charge in [-0.2, -0.15) is 0 Å². The van der Waals surface area contributed by atoms with Gasteiger partial charge in [-0.1, -0.05) is 0 Å². The standard InChI is InChI=1S/C11H11N3O3.C5H11NO2/c15-9-3-4-12-8-5-7(1-2-10(16)17)6-13-11(8)14-9;1-5(2,3)8-4(6)7/h1-2,5-6,12H,3-4H2,(H,16,17)(H,13,14,15);1-3H3,(H2,6,7)/b2-1+;. The summed E-state index contributed by atoms with van der Waals surface area (Å²) in [4.78, 5) is 35.7. The number of amides is 2. The Labute approximate surface area is 145 Å². The molecule has 0 saturated heterocycles. The number of aliphatic carboxylic acids is 1. The summed E-state index contributed by atoms with van der Waals surface area (Å²) < 4.78 is 4.58. The molecule has 2 heterocycles. The van der Waals surface area contributed by atoms with Gasteiger partial charge in [-0.3, -0.25) is 4.79 Å². The minimum Gasteiger partial charge on any atom is -0.478 e. The van der Waals surface area contributed by atoms with Crippen molar-refractivity contribution in [3.05, 3.63) is 23.9 Å². The SMILES string of the molecule is CC(C)(C)OC(N)=O.O=C(O)/C=C/c1cnc2c(c1)NCCC(=O)N2. The van der Waals surface area contributed by atoms with Crippen molar-refractivity contribution in [2.24, 2.45) is 5.73 Å². The predicted octanol–water partition coefficient (Wildman–Crippen LogP) is 1.81. The third kappa shape index (κ3) is 8.35. The summed E-state index contributed by atoms with van der Waals surface area (Å²) in [5, 5.41) is 14.2. The molecule has 9 heteroatoms. The van der Waals surface area contributed by atoms with Gasteiger partial charge in [0.25, 0.3) is 0 Å². The first kappa shape index (κ1) is 19.9. The molecule has 2 amide bonds. The van der Waals surface area contributed by atoms with Gasteiger partial charge < -0.3 is 26.2 Å². The van der Waals surface area contributed by atoms with Crippen LogP contribution in [0.4, 0.5) is 16.3 Å². The van der Waals surface area contributed by atoms with Crippen molar-refractivity contribution in [2.45, 2.75) is 32.8 Å². The van der Waals surface area contributed by atoms with Crippen LogP contribution in [0.25, 0.3) is 6.08 Å². The van der Waals surface area contributed by atoms with Gasteiger partial charge in [0.2, 0.25) is 5.91 Å². The van der Waals surface area contributed by atoms with E-state index in [0.29, 0.717) is 30.0 Å². The number of nitrogens with zero attached hydrogens (tertiary/aromatic N) is 1. The van der Waals surface area contributed by atoms with E-state index in [1.54, 1.807) is 26.8 Å². The monoisotopic (exact) mass is 350 g/mol. The number of carbonyl (C=O) groups is 3. The third-order valence-electron chi connectivity index (χ3n) is 2.66. The van der Waals surface area contributed by atoms with Crippen molar-refractivity contribution in [2.75, 3.05) is 17.2 Å². The largest absolute Gasteiger partial charge is 0.478 e. The van der Waals surface area contributed by atoms with Crippen LogP contribution in [0.15, 0.2) is 18.3 Å². The number of anilines is 2. The van der Waals surface area contributed by atoms with E-state index in [1.807, 2.05) is 0 Å². The number of pyridine rings is 1. The van der Waals surface area contributed by atoms with Crippen LogP contribution in [0.3, 0.4) is 0 Å². The first-order valence-electron chi connectivity index (χ1n) is 7.50. The molecule has 1 aliphatic heterocycles. The molecule has 2 rings (SSSR count). The highest BCUT2D eigenvalue weighted by Crippen LogP contribution is 2.23. The van der Waals surface area contributed by atoms with E-state index >= 15 is 0 Å². The molecule has 25 heavy (non-hydrogen) atoms. The average Bonchev–Trinajstić information content (AvgIpc) is 2.63. The number of hydrogen-bond donors (Lipinski definition) is 4. The summed E-state index contributed by atoms with van der Waals surface area (Å²) in [6.07, 6.45) is 3.66. The lowest BCUT2D eigenvalue weighted by atomic mass is 10.2. The Balaban J connectivity index is 0.000000333. The van der Waals surface area contributed by atoms with Crippen LogP contribution in [0.1, 0.15) is 32.8 Å². The van der Waals surface area contributed by atoms with Crippen LogP contribution in [-0.4, -0.2) is 40.2 Å². The number of ether oxygens (including phenoxy) is 1. The van der Waals surface area contributed by atoms with Crippen LogP contribution in [0, 0.1) is 0 Å². The van der Waals surface area contributed by atoms with Gasteiger partial charge in [-0.05, 0) is 38.5 Å². The average molecular weight is 350 g/mol. The van der Waals surface area contributed by atoms with Crippen molar-refractivity contribution in [1.82, 2.24) is 4.98 Å². The zero-order valence-electron chi connectivity index (χ0n) is 14.3. The summed E-state index contributed by atoms with van der Waals surface area (Å²) in [5.41, 5.74) is 5.62. The number of carboxylic acid groups (broad SMARTS) is 1. The van der Waals surface area contributed by atoms with Crippen LogP contribution in [0.5, 0.6) is 0 Å². The van der Waals surface area contributed by atoms with Crippen molar-refractivity contribution >= 4 is 35.6 Å². The maximum Gasteiger partial charge on any atom is 0.405 e. The first-order valence-corrected chi connectivity index (χ1v) is 7.50. The quantitative estimate of drug-likeness (QED) is 0.595. The highest BCUT2D eigenvalue weighted by Gasteiger charge is 2.13. The lowest BCUT2D eigenvalue weighted by molar-refractivity contribution is -0.131. The minimum absolute atomic E-state index is 0.0856. The number of carboxylic acids is 1. The molecular formula is C16H22N4O5.